The van der Waals surface area contributed by atoms with Gasteiger partial charge >= 0.3 is 12.4 Å². The van der Waals surface area contributed by atoms with Gasteiger partial charge in [-0.25, -0.2) is 0 Å². The topological polar surface area (TPSA) is 72.3 Å². The van der Waals surface area contributed by atoms with Crippen LogP contribution in [0.4, 0.5) is 26.3 Å². The molecule has 0 heterocycles. The van der Waals surface area contributed by atoms with Crippen molar-refractivity contribution in [3.05, 3.63) is 69.8 Å². The monoisotopic (exact) mass is 489 g/mol. The fourth-order valence-electron chi connectivity index (χ4n) is 2.95. The number of carbonyl (C=O) groups excluding carboxylic acids is 1. The highest BCUT2D eigenvalue weighted by molar-refractivity contribution is 6.45. The van der Waals surface area contributed by atoms with Crippen LogP contribution in [0.15, 0.2) is 46.7 Å². The van der Waals surface area contributed by atoms with Gasteiger partial charge in [0.2, 0.25) is 0 Å². The first-order valence-electron chi connectivity index (χ1n) is 9.68. The van der Waals surface area contributed by atoms with Gasteiger partial charge in [0.25, 0.3) is 5.91 Å². The minimum Gasteiger partial charge on any atom is -0.398 e. The van der Waals surface area contributed by atoms with E-state index in [2.05, 4.69) is 15.6 Å². The van der Waals surface area contributed by atoms with E-state index in [1.807, 2.05) is 0 Å². The Balaban J connectivity index is 2.40. The van der Waals surface area contributed by atoms with E-state index < -0.39 is 35.0 Å². The van der Waals surface area contributed by atoms with E-state index in [-0.39, 0.29) is 24.1 Å². The molecule has 2 aromatic rings. The minimum absolute atomic E-state index is 0.0344. The Hall–Kier alpha value is -3.57. The summed E-state index contributed by atoms with van der Waals surface area (Å²) in [5, 5.41) is 9.85. The first-order valence-corrected chi connectivity index (χ1v) is 9.68. The molecule has 2 aromatic carbocycles. The molecule has 1 amide bonds. The molecule has 0 aromatic heterocycles. The van der Waals surface area contributed by atoms with Gasteiger partial charge in [0.15, 0.2) is 5.71 Å². The summed E-state index contributed by atoms with van der Waals surface area (Å²) >= 11 is 0. The zero-order valence-corrected chi connectivity index (χ0v) is 18.6. The molecule has 0 radical (unpaired) electrons. The molecule has 0 aliphatic heterocycles. The third-order valence-electron chi connectivity index (χ3n) is 4.71. The number of rotatable bonds is 7. The van der Waals surface area contributed by atoms with Crippen molar-refractivity contribution in [1.29, 1.82) is 0 Å². The van der Waals surface area contributed by atoms with Gasteiger partial charge in [-0.1, -0.05) is 28.5 Å². The second kappa shape index (κ2) is 10.6. The maximum atomic E-state index is 13.1. The van der Waals surface area contributed by atoms with Crippen LogP contribution in [-0.2, 0) is 33.4 Å². The average Bonchev–Trinajstić information content (AvgIpc) is 2.76. The van der Waals surface area contributed by atoms with Crippen LogP contribution < -0.4 is 5.32 Å². The van der Waals surface area contributed by atoms with Gasteiger partial charge in [-0.05, 0) is 37.6 Å². The highest BCUT2D eigenvalue weighted by Gasteiger charge is 2.37. The maximum absolute atomic E-state index is 13.1. The fraction of sp³-hybridized carbons (Fsp3) is 0.318. The maximum Gasteiger partial charge on any atom is 0.416 e. The zero-order chi connectivity index (χ0) is 25.7. The molecule has 6 nitrogen and oxygen atoms in total. The first-order chi connectivity index (χ1) is 15.8. The number of nitrogens with one attached hydrogen (secondary N) is 1. The van der Waals surface area contributed by atoms with Gasteiger partial charge < -0.3 is 15.0 Å². The molecule has 0 fully saturated rings. The summed E-state index contributed by atoms with van der Waals surface area (Å²) in [6.45, 7) is 2.69. The molecular formula is C22H21F6N3O3. The van der Waals surface area contributed by atoms with Crippen molar-refractivity contribution in [2.75, 3.05) is 14.2 Å². The van der Waals surface area contributed by atoms with Gasteiger partial charge in [0.1, 0.15) is 13.7 Å². The lowest BCUT2D eigenvalue weighted by molar-refractivity contribution is -0.143. The van der Waals surface area contributed by atoms with Gasteiger partial charge in [-0.15, -0.1) is 0 Å². The quantitative estimate of drug-likeness (QED) is 0.335. The molecule has 0 saturated carbocycles. The number of nitrogens with zero attached hydrogens (tertiary/aromatic N) is 2. The van der Waals surface area contributed by atoms with E-state index in [0.29, 0.717) is 28.8 Å². The third kappa shape index (κ3) is 6.49. The summed E-state index contributed by atoms with van der Waals surface area (Å²) in [7, 11) is 2.66. The standard InChI is InChI=1S/C22H21F6N3O3/c1-12-6-5-7-17(19(31-33-4)20(32)29-3)18(12)11-34-30-13(2)14-8-15(21(23,24)25)10-16(9-14)22(26,27)28/h5-10H,11H2,1-4H3,(H,29,32)/b30-13+,31-19+. The van der Waals surface area contributed by atoms with E-state index >= 15 is 0 Å². The Kier molecular flexibility index (Phi) is 8.30. The Bertz CT molecular complexity index is 1080. The number of aryl methyl sites for hydroxylation is 1. The van der Waals surface area contributed by atoms with E-state index in [1.165, 1.54) is 21.1 Å². The molecule has 12 heteroatoms. The Labute approximate surface area is 191 Å². The normalized spacial score (nSPS) is 13.0. The smallest absolute Gasteiger partial charge is 0.398 e. The second-order valence-electron chi connectivity index (χ2n) is 7.05. The third-order valence-corrected chi connectivity index (χ3v) is 4.71. The summed E-state index contributed by atoms with van der Waals surface area (Å²) < 4.78 is 78.6. The number of halogens is 6. The first kappa shape index (κ1) is 26.7. The molecule has 0 unspecified atom stereocenters. The summed E-state index contributed by atoms with van der Waals surface area (Å²) in [4.78, 5) is 22.2. The SMILES string of the molecule is CNC(=O)/C(=N/OC)c1cccc(C)c1CO/N=C(\C)c1cc(C(F)(F)F)cc(C(F)(F)F)c1. The van der Waals surface area contributed by atoms with Crippen LogP contribution in [-0.4, -0.2) is 31.5 Å². The number of likely N-dealkylation sites (N-methyl/N-ethyl adjacent to an activating group) is 1. The Morgan fingerprint density at radius 2 is 1.59 bits per heavy atom. The lowest BCUT2D eigenvalue weighted by Crippen LogP contribution is -2.29. The van der Waals surface area contributed by atoms with E-state index in [0.717, 1.165) is 0 Å². The largest absolute Gasteiger partial charge is 0.416 e. The summed E-state index contributed by atoms with van der Waals surface area (Å²) in [5.41, 5.74) is -2.08. The van der Waals surface area contributed by atoms with Gasteiger partial charge in [0, 0.05) is 23.7 Å². The highest BCUT2D eigenvalue weighted by Crippen LogP contribution is 2.36. The van der Waals surface area contributed by atoms with Crippen LogP contribution in [0.1, 0.15) is 40.3 Å². The average molecular weight is 489 g/mol. The predicted molar refractivity (Wildman–Crippen MR) is 112 cm³/mol. The van der Waals surface area contributed by atoms with E-state index in [1.54, 1.807) is 25.1 Å². The van der Waals surface area contributed by atoms with Crippen LogP contribution in [0.5, 0.6) is 0 Å². The van der Waals surface area contributed by atoms with Gasteiger partial charge in [-0.3, -0.25) is 4.79 Å². The molecule has 0 aliphatic rings. The number of alkyl halides is 6. The van der Waals surface area contributed by atoms with Crippen molar-refractivity contribution in [2.24, 2.45) is 10.3 Å². The van der Waals surface area contributed by atoms with Crippen LogP contribution in [0.2, 0.25) is 0 Å². The van der Waals surface area contributed by atoms with Crippen molar-refractivity contribution in [3.8, 4) is 0 Å². The molecule has 0 bridgehead atoms. The van der Waals surface area contributed by atoms with Crippen LogP contribution >= 0.6 is 0 Å². The molecule has 34 heavy (non-hydrogen) atoms. The summed E-state index contributed by atoms with van der Waals surface area (Å²) in [6, 6.07) is 6.12. The molecule has 0 atom stereocenters. The summed E-state index contributed by atoms with van der Waals surface area (Å²) in [6.07, 6.45) is -9.96. The Morgan fingerprint density at radius 1 is 1.00 bits per heavy atom. The fourth-order valence-corrected chi connectivity index (χ4v) is 2.95. The lowest BCUT2D eigenvalue weighted by atomic mass is 9.98. The molecule has 1 N–H and O–H groups in total. The van der Waals surface area contributed by atoms with Crippen molar-refractivity contribution in [3.63, 3.8) is 0 Å². The minimum atomic E-state index is -4.98. The van der Waals surface area contributed by atoms with Crippen LogP contribution in [0.25, 0.3) is 0 Å². The van der Waals surface area contributed by atoms with Crippen LogP contribution in [0, 0.1) is 6.92 Å². The lowest BCUT2D eigenvalue weighted by Gasteiger charge is -2.15. The molecule has 2 rings (SSSR count). The van der Waals surface area contributed by atoms with Gasteiger partial charge in [0.05, 0.1) is 16.8 Å². The number of carbonyl (C=O) groups is 1. The molecule has 0 aliphatic carbocycles. The number of benzene rings is 2. The van der Waals surface area contributed by atoms with E-state index in [9.17, 15) is 31.1 Å². The van der Waals surface area contributed by atoms with Crippen LogP contribution in [0.3, 0.4) is 0 Å². The number of amides is 1. The Morgan fingerprint density at radius 3 is 2.09 bits per heavy atom. The molecule has 0 saturated heterocycles. The molecule has 184 valence electrons. The van der Waals surface area contributed by atoms with Crippen molar-refractivity contribution >= 4 is 17.3 Å². The second-order valence-corrected chi connectivity index (χ2v) is 7.05. The molecular weight excluding hydrogens is 468 g/mol. The van der Waals surface area contributed by atoms with Crippen molar-refractivity contribution < 1.29 is 40.8 Å². The predicted octanol–water partition coefficient (Wildman–Crippen LogP) is 5.07. The zero-order valence-electron chi connectivity index (χ0n) is 18.6. The van der Waals surface area contributed by atoms with E-state index in [4.69, 9.17) is 9.68 Å². The number of oxime groups is 2. The van der Waals surface area contributed by atoms with Crippen molar-refractivity contribution in [2.45, 2.75) is 32.8 Å². The van der Waals surface area contributed by atoms with Crippen molar-refractivity contribution in [1.82, 2.24) is 5.32 Å². The summed E-state index contributed by atoms with van der Waals surface area (Å²) in [5.74, 6) is -0.544. The highest BCUT2D eigenvalue weighted by atomic mass is 19.4. The number of hydrogen-bond donors (Lipinski definition) is 1. The van der Waals surface area contributed by atoms with Gasteiger partial charge in [-0.2, -0.15) is 26.3 Å². The number of hydrogen-bond acceptors (Lipinski definition) is 5. The molecule has 0 spiro atoms.